The van der Waals surface area contributed by atoms with E-state index in [9.17, 15) is 43.5 Å². The van der Waals surface area contributed by atoms with Gasteiger partial charge in [-0.3, -0.25) is 39.0 Å². The first-order valence-corrected chi connectivity index (χ1v) is 30.5. The zero-order chi connectivity index (χ0) is 59.8. The molecule has 6 amide bonds. The fourth-order valence-corrected chi connectivity index (χ4v) is 13.6. The van der Waals surface area contributed by atoms with Gasteiger partial charge in [-0.25, -0.2) is 15.0 Å². The number of epoxide rings is 1. The summed E-state index contributed by atoms with van der Waals surface area (Å²) in [5.41, 5.74) is 6.35. The average molecular weight is 1190 g/mol. The molecular formula is C60H77ClN6O13S2. The summed E-state index contributed by atoms with van der Waals surface area (Å²) < 4.78 is 23.4. The van der Waals surface area contributed by atoms with Crippen molar-refractivity contribution in [2.45, 2.75) is 172 Å². The maximum absolute atomic E-state index is 14.4. The van der Waals surface area contributed by atoms with E-state index < -0.39 is 70.4 Å². The Morgan fingerprint density at radius 3 is 2.50 bits per heavy atom. The van der Waals surface area contributed by atoms with Gasteiger partial charge >= 0.3 is 12.1 Å². The molecule has 2 fully saturated rings. The van der Waals surface area contributed by atoms with Crippen LogP contribution in [0.4, 0.5) is 10.5 Å². The van der Waals surface area contributed by atoms with E-state index in [0.717, 1.165) is 51.9 Å². The molecule has 0 aromatic heterocycles. The number of ketones is 1. The van der Waals surface area contributed by atoms with Gasteiger partial charge in [-0.2, -0.15) is 5.10 Å². The number of halogens is 1. The molecule has 5 aliphatic rings. The molecule has 7 rings (SSSR count). The van der Waals surface area contributed by atoms with E-state index >= 15 is 0 Å². The lowest BCUT2D eigenvalue weighted by Gasteiger charge is -2.42. The van der Waals surface area contributed by atoms with Crippen molar-refractivity contribution in [2.75, 3.05) is 38.4 Å². The minimum atomic E-state index is -1.86. The van der Waals surface area contributed by atoms with Gasteiger partial charge in [0, 0.05) is 94.0 Å². The van der Waals surface area contributed by atoms with Gasteiger partial charge in [0.2, 0.25) is 17.7 Å². The molecule has 2 aromatic carbocycles. The van der Waals surface area contributed by atoms with Gasteiger partial charge in [-0.15, -0.1) is 0 Å². The Bertz CT molecular complexity index is 2930. The normalized spacial score (nSPS) is 26.5. The number of anilines is 1. The molecule has 4 heterocycles. The number of carbonyl (C=O) groups is 8. The van der Waals surface area contributed by atoms with Gasteiger partial charge in [0.1, 0.15) is 35.7 Å². The summed E-state index contributed by atoms with van der Waals surface area (Å²) in [5, 5.41) is 19.3. The Hall–Kier alpha value is -5.84. The molecule has 0 unspecified atom stereocenters. The van der Waals surface area contributed by atoms with E-state index in [-0.39, 0.29) is 55.1 Å². The van der Waals surface area contributed by atoms with Crippen LogP contribution in [0.3, 0.4) is 0 Å². The highest BCUT2D eigenvalue weighted by Gasteiger charge is 2.64. The lowest BCUT2D eigenvalue weighted by atomic mass is 9.83. The van der Waals surface area contributed by atoms with Crippen LogP contribution in [0.5, 0.6) is 0 Å². The van der Waals surface area contributed by atoms with E-state index in [1.165, 1.54) is 62.6 Å². The Balaban J connectivity index is 0.905. The highest BCUT2D eigenvalue weighted by molar-refractivity contribution is 8.77. The first-order chi connectivity index (χ1) is 38.7. The van der Waals surface area contributed by atoms with E-state index in [0.29, 0.717) is 61.5 Å². The van der Waals surface area contributed by atoms with Crippen LogP contribution in [0.2, 0.25) is 5.02 Å². The molecule has 19 nitrogen and oxygen atoms in total. The van der Waals surface area contributed by atoms with Crippen LogP contribution in [0.1, 0.15) is 127 Å². The van der Waals surface area contributed by atoms with Gasteiger partial charge in [-0.05, 0) is 102 Å². The maximum Gasteiger partial charge on any atom is 0.409 e. The lowest BCUT2D eigenvalue weighted by Crippen LogP contribution is -2.63. The molecule has 0 saturated carbocycles. The summed E-state index contributed by atoms with van der Waals surface area (Å²) in [4.78, 5) is 109. The number of hydrazone groups is 1. The number of aliphatic hydroxyl groups is 1. The molecule has 444 valence electrons. The zero-order valence-corrected chi connectivity index (χ0v) is 50.9. The van der Waals surface area contributed by atoms with Crippen molar-refractivity contribution < 1.29 is 62.4 Å². The molecule has 0 spiro atoms. The van der Waals surface area contributed by atoms with Gasteiger partial charge in [0.05, 0.1) is 28.9 Å². The third kappa shape index (κ3) is 15.9. The van der Waals surface area contributed by atoms with Crippen molar-refractivity contribution in [3.8, 4) is 0 Å². The van der Waals surface area contributed by atoms with Crippen LogP contribution in [-0.4, -0.2) is 148 Å². The molecule has 1 aliphatic carbocycles. The smallest absolute Gasteiger partial charge is 0.409 e. The van der Waals surface area contributed by atoms with Gasteiger partial charge in [0.15, 0.2) is 5.72 Å². The number of esters is 1. The molecule has 4 aliphatic heterocycles. The first-order valence-electron chi connectivity index (χ1n) is 27.8. The van der Waals surface area contributed by atoms with Gasteiger partial charge in [0.25, 0.3) is 11.8 Å². The molecule has 3 N–H and O–H groups in total. The zero-order valence-electron chi connectivity index (χ0n) is 48.5. The number of nitrogens with zero attached hydrogens (tertiary/aromatic N) is 4. The van der Waals surface area contributed by atoms with Crippen molar-refractivity contribution >= 4 is 92.0 Å². The van der Waals surface area contributed by atoms with Crippen molar-refractivity contribution in [3.05, 3.63) is 99.1 Å². The first kappa shape index (κ1) is 63.7. The van der Waals surface area contributed by atoms with Crippen LogP contribution >= 0.6 is 33.2 Å². The van der Waals surface area contributed by atoms with Crippen LogP contribution in [0.25, 0.3) is 0 Å². The molecule has 2 saturated heterocycles. The summed E-state index contributed by atoms with van der Waals surface area (Å²) >= 11 is 6.85. The number of hydrogen-bond acceptors (Lipinski definition) is 16. The topological polar surface area (TPSA) is 243 Å². The van der Waals surface area contributed by atoms with E-state index in [4.69, 9.17) is 30.5 Å². The van der Waals surface area contributed by atoms with Crippen LogP contribution in [-0.2, 0) is 71.8 Å². The van der Waals surface area contributed by atoms with Crippen LogP contribution < -0.4 is 15.6 Å². The van der Waals surface area contributed by atoms with Crippen LogP contribution in [0.15, 0.2) is 71.4 Å². The Labute approximate surface area is 493 Å². The fraction of sp³-hybridized carbons (Fsp3) is 0.550. The standard InChI is InChI=1S/C60H77ClN6O13S2/c1-35-15-14-17-47(77-10)60(76)33-46(78-57(75)62-60)37(3)55-59(7,80-55)48(32-53(73)66(9)45-31-40(27-35)28-36(2)54(45)61)79-56(74)38(4)65(8)50(70)24-26-81-82-58(5,6)34-49(69)64-63-44-21-19-41-29-39(18-20-43(41)44)30-42(68)16-12-11-13-25-67-51(71)22-23-52(67)72/h14-15,17-18,20,22-23,28-29,31,37-38,46-48,55,76H,11-13,16,19,21,24-27,30,32-34H2,1-10H3,(H,62,75)(H,64,69)/b17-14+,35-15+,63-44-/t37-,38+,46+,47-,48+,55+,59+,60+/m1/s1. The second kappa shape index (κ2) is 27.3. The molecule has 82 heavy (non-hydrogen) atoms. The summed E-state index contributed by atoms with van der Waals surface area (Å²) in [7, 11) is 7.44. The summed E-state index contributed by atoms with van der Waals surface area (Å²) in [6.07, 6.45) is 7.75. The molecule has 0 radical (unpaired) electrons. The third-order valence-corrected chi connectivity index (χ3v) is 19.6. The number of rotatable bonds is 20. The van der Waals surface area contributed by atoms with Gasteiger partial charge in [-0.1, -0.05) is 94.6 Å². The van der Waals surface area contributed by atoms with Crippen molar-refractivity contribution in [1.82, 2.24) is 20.5 Å². The second-order valence-corrected chi connectivity index (χ2v) is 26.4. The third-order valence-electron chi connectivity index (χ3n) is 15.9. The Kier molecular flexibility index (Phi) is 21.2. The van der Waals surface area contributed by atoms with Crippen molar-refractivity contribution in [3.63, 3.8) is 0 Å². The highest BCUT2D eigenvalue weighted by atomic mass is 35.5. The van der Waals surface area contributed by atoms with E-state index in [1.807, 2.05) is 64.1 Å². The van der Waals surface area contributed by atoms with Crippen molar-refractivity contribution in [2.24, 2.45) is 11.0 Å². The number of Topliss-reactive ketones (excluding diaryl/α,β-unsaturated/α-hetero) is 1. The number of nitrogens with one attached hydrogen (secondary N) is 2. The summed E-state index contributed by atoms with van der Waals surface area (Å²) in [6, 6.07) is 8.61. The van der Waals surface area contributed by atoms with Crippen molar-refractivity contribution in [1.29, 1.82) is 0 Å². The molecule has 22 heteroatoms. The number of hydrogen-bond donors (Lipinski definition) is 3. The quantitative estimate of drug-likeness (QED) is 0.0286. The number of fused-ring (bicyclic) bond motifs is 6. The van der Waals surface area contributed by atoms with Gasteiger partial charge < -0.3 is 33.9 Å². The maximum atomic E-state index is 14.4. The number of carbonyl (C=O) groups excluding carboxylic acids is 8. The summed E-state index contributed by atoms with van der Waals surface area (Å²) in [6.45, 7) is 13.1. The number of imide groups is 1. The van der Waals surface area contributed by atoms with Crippen LogP contribution in [0, 0.1) is 12.8 Å². The minimum Gasteiger partial charge on any atom is -0.457 e. The second-order valence-electron chi connectivity index (χ2n) is 22.9. The average Bonchev–Trinajstić information content (AvgIpc) is 3.10. The Morgan fingerprint density at radius 2 is 1.78 bits per heavy atom. The predicted octanol–water partition coefficient (Wildman–Crippen LogP) is 7.82. The van der Waals surface area contributed by atoms with E-state index in [2.05, 4.69) is 15.8 Å². The number of aryl methyl sites for hydroxylation is 2. The monoisotopic (exact) mass is 1190 g/mol. The predicted molar refractivity (Wildman–Crippen MR) is 315 cm³/mol. The number of likely N-dealkylation sites (N-methyl/N-ethyl adjacent to an activating group) is 1. The minimum absolute atomic E-state index is 0.0744. The number of ether oxygens (including phenoxy) is 4. The number of amides is 6. The fourth-order valence-electron chi connectivity index (χ4n) is 10.8. The molecule has 2 aromatic rings. The summed E-state index contributed by atoms with van der Waals surface area (Å²) in [5.74, 6) is -2.44. The lowest BCUT2D eigenvalue weighted by molar-refractivity contribution is -0.162. The van der Waals surface area contributed by atoms with E-state index in [1.54, 1.807) is 40.0 Å². The molecular weight excluding hydrogens is 1110 g/mol. The number of benzene rings is 2. The molecule has 4 bridgehead atoms. The number of alkyl carbamates (subject to hydrolysis) is 1. The number of allylic oxidation sites excluding steroid dienone is 3. The largest absolute Gasteiger partial charge is 0.457 e. The Morgan fingerprint density at radius 1 is 1.05 bits per heavy atom. The number of unbranched alkanes of at least 4 members (excludes halogenated alkanes) is 2. The molecule has 8 atom stereocenters. The SMILES string of the molecule is CO[C@@H]1/C=C/C=C(\C)Cc2cc(C)c(Cl)c(c2)N(C)C(=O)C[C@H](OC(=O)[C@H](C)N(C)C(=O)CCSSC(C)(C)CC(=O)N/N=C2/CCc3cc(CC(=O)CCCCCN4C(=O)C=CC4=O)ccc32)[C@]2(C)O[C@H]2[C@H](C)[C@@H]2C[C@@]1(O)NC(=O)O2. The number of methoxy groups -OCH3 is 1. The highest BCUT2D eigenvalue weighted by Crippen LogP contribution is 2.49.